The molecule has 3 rings (SSSR count). The van der Waals surface area contributed by atoms with Gasteiger partial charge in [-0.1, -0.05) is 63.7 Å². The van der Waals surface area contributed by atoms with Crippen LogP contribution in [0.4, 0.5) is 0 Å². The molecule has 0 radical (unpaired) electrons. The van der Waals surface area contributed by atoms with Gasteiger partial charge in [0.05, 0.1) is 6.61 Å². The van der Waals surface area contributed by atoms with Gasteiger partial charge in [-0.15, -0.1) is 0 Å². The molecule has 3 aromatic carbocycles. The van der Waals surface area contributed by atoms with Gasteiger partial charge in [0.15, 0.2) is 5.90 Å². The molecule has 30 heavy (non-hydrogen) atoms. The van der Waals surface area contributed by atoms with Gasteiger partial charge in [-0.2, -0.15) is 0 Å². The fourth-order valence-corrected chi connectivity index (χ4v) is 3.15. The Bertz CT molecular complexity index is 1120. The maximum absolute atomic E-state index is 11.4. The van der Waals surface area contributed by atoms with E-state index in [2.05, 4.69) is 43.0 Å². The molecular weight excluding hydrogens is 374 g/mol. The number of hydrogen-bond donors (Lipinski definition) is 1. The zero-order chi connectivity index (χ0) is 21.9. The van der Waals surface area contributed by atoms with Crippen LogP contribution in [0.2, 0.25) is 0 Å². The number of ether oxygens (including phenoxy) is 2. The summed E-state index contributed by atoms with van der Waals surface area (Å²) < 4.78 is 10.9. The average molecular weight is 404 g/mol. The highest BCUT2D eigenvalue weighted by atomic mass is 16.5. The van der Waals surface area contributed by atoms with Crippen molar-refractivity contribution < 1.29 is 14.3 Å². The van der Waals surface area contributed by atoms with Crippen molar-refractivity contribution in [2.45, 2.75) is 40.5 Å². The van der Waals surface area contributed by atoms with Crippen molar-refractivity contribution in [1.82, 2.24) is 0 Å². The lowest BCUT2D eigenvalue weighted by Crippen LogP contribution is -2.24. The van der Waals surface area contributed by atoms with Gasteiger partial charge in [-0.25, -0.2) is 4.79 Å². The van der Waals surface area contributed by atoms with Crippen LogP contribution in [0.1, 0.15) is 39.7 Å². The van der Waals surface area contributed by atoms with Crippen LogP contribution in [0.15, 0.2) is 60.7 Å². The number of benzene rings is 3. The summed E-state index contributed by atoms with van der Waals surface area (Å²) in [5.41, 5.74) is 1.32. The first-order valence-electron chi connectivity index (χ1n) is 10.2. The topological polar surface area (TPSA) is 59.4 Å². The minimum Gasteiger partial charge on any atom is -0.462 e. The molecule has 0 aliphatic heterocycles. The first-order valence-corrected chi connectivity index (χ1v) is 10.2. The average Bonchev–Trinajstić information content (AvgIpc) is 2.69. The summed E-state index contributed by atoms with van der Waals surface area (Å²) >= 11 is 0. The van der Waals surface area contributed by atoms with Crippen molar-refractivity contribution in [3.05, 3.63) is 66.2 Å². The number of hydrogen-bond acceptors (Lipinski definition) is 4. The quantitative estimate of drug-likeness (QED) is 0.129. The zero-order valence-electron chi connectivity index (χ0n) is 18.2. The molecule has 0 fully saturated rings. The smallest absolute Gasteiger partial charge is 0.333 e. The molecule has 4 nitrogen and oxygen atoms in total. The van der Waals surface area contributed by atoms with Gasteiger partial charge in [-0.3, -0.25) is 5.41 Å². The summed E-state index contributed by atoms with van der Waals surface area (Å²) in [6.07, 6.45) is 1.62. The molecule has 0 amide bonds. The molecule has 0 atom stereocenters. The van der Waals surface area contributed by atoms with Crippen LogP contribution in [-0.2, 0) is 16.0 Å². The summed E-state index contributed by atoms with van der Waals surface area (Å²) in [6, 6.07) is 16.6. The lowest BCUT2D eigenvalue weighted by atomic mass is 9.96. The third-order valence-corrected chi connectivity index (χ3v) is 4.96. The van der Waals surface area contributed by atoms with E-state index < -0.39 is 0 Å². The Morgan fingerprint density at radius 1 is 1.00 bits per heavy atom. The predicted octanol–water partition coefficient (Wildman–Crippen LogP) is 6.45. The van der Waals surface area contributed by atoms with E-state index in [9.17, 15) is 4.79 Å². The fraction of sp³-hybridized carbons (Fsp3) is 0.308. The molecule has 4 heteroatoms. The van der Waals surface area contributed by atoms with Crippen LogP contribution >= 0.6 is 0 Å². The summed E-state index contributed by atoms with van der Waals surface area (Å²) in [5, 5.41) is 12.7. The van der Waals surface area contributed by atoms with E-state index in [0.717, 1.165) is 23.6 Å². The monoisotopic (exact) mass is 403 g/mol. The van der Waals surface area contributed by atoms with E-state index in [1.165, 1.54) is 16.3 Å². The number of rotatable bonds is 6. The lowest BCUT2D eigenvalue weighted by molar-refractivity contribution is -0.139. The minimum absolute atomic E-state index is 0.251. The predicted molar refractivity (Wildman–Crippen MR) is 123 cm³/mol. The van der Waals surface area contributed by atoms with Crippen molar-refractivity contribution in [2.75, 3.05) is 6.61 Å². The molecular formula is C26H29NO3. The van der Waals surface area contributed by atoms with E-state index in [0.29, 0.717) is 17.9 Å². The SMILES string of the molecule is C=C(C)C(=O)OCCCc1ccc2c(ccc3cc(OC(=N)C(C)(C)C)ccc32)c1. The molecule has 0 heterocycles. The van der Waals surface area contributed by atoms with Crippen molar-refractivity contribution in [3.8, 4) is 5.75 Å². The molecule has 0 saturated heterocycles. The number of fused-ring (bicyclic) bond motifs is 3. The maximum Gasteiger partial charge on any atom is 0.333 e. The van der Waals surface area contributed by atoms with Crippen molar-refractivity contribution in [2.24, 2.45) is 5.41 Å². The Morgan fingerprint density at radius 3 is 2.27 bits per heavy atom. The van der Waals surface area contributed by atoms with E-state index in [1.54, 1.807) is 6.92 Å². The molecule has 0 bridgehead atoms. The largest absolute Gasteiger partial charge is 0.462 e. The van der Waals surface area contributed by atoms with Crippen molar-refractivity contribution in [3.63, 3.8) is 0 Å². The first-order chi connectivity index (χ1) is 14.1. The van der Waals surface area contributed by atoms with Crippen LogP contribution in [0.5, 0.6) is 5.75 Å². The van der Waals surface area contributed by atoms with Crippen LogP contribution in [0, 0.1) is 10.8 Å². The number of aryl methyl sites for hydroxylation is 1. The Balaban J connectivity index is 1.75. The lowest BCUT2D eigenvalue weighted by Gasteiger charge is -2.19. The van der Waals surface area contributed by atoms with Gasteiger partial charge in [-0.05, 0) is 59.0 Å². The van der Waals surface area contributed by atoms with E-state index >= 15 is 0 Å². The molecule has 3 aromatic rings. The molecule has 0 spiro atoms. The fourth-order valence-electron chi connectivity index (χ4n) is 3.15. The van der Waals surface area contributed by atoms with Gasteiger partial charge >= 0.3 is 5.97 Å². The van der Waals surface area contributed by atoms with Crippen LogP contribution < -0.4 is 4.74 Å². The molecule has 0 aliphatic carbocycles. The Labute approximate surface area is 178 Å². The number of esters is 1. The minimum atomic E-state index is -0.332. The van der Waals surface area contributed by atoms with Crippen molar-refractivity contribution in [1.29, 1.82) is 5.41 Å². The highest BCUT2D eigenvalue weighted by Gasteiger charge is 2.19. The Hall–Kier alpha value is -3.14. The third-order valence-electron chi connectivity index (χ3n) is 4.96. The Morgan fingerprint density at radius 2 is 1.63 bits per heavy atom. The van der Waals surface area contributed by atoms with Gasteiger partial charge in [0, 0.05) is 11.0 Å². The van der Waals surface area contributed by atoms with Crippen LogP contribution in [0.25, 0.3) is 21.5 Å². The number of nitrogens with one attached hydrogen (secondary N) is 1. The highest BCUT2D eigenvalue weighted by Crippen LogP contribution is 2.30. The molecule has 156 valence electrons. The number of carbonyl (C=O) groups excluding carboxylic acids is 1. The van der Waals surface area contributed by atoms with Gasteiger partial charge in [0.2, 0.25) is 0 Å². The summed E-state index contributed by atoms with van der Waals surface area (Å²) in [6.45, 7) is 11.5. The highest BCUT2D eigenvalue weighted by molar-refractivity contribution is 6.08. The summed E-state index contributed by atoms with van der Waals surface area (Å²) in [7, 11) is 0. The number of carbonyl (C=O) groups is 1. The maximum atomic E-state index is 11.4. The van der Waals surface area contributed by atoms with Gasteiger partial charge in [0.1, 0.15) is 5.75 Å². The molecule has 0 aromatic heterocycles. The van der Waals surface area contributed by atoms with Crippen LogP contribution in [-0.4, -0.2) is 18.5 Å². The Kier molecular flexibility index (Phi) is 6.25. The molecule has 1 N–H and O–H groups in total. The van der Waals surface area contributed by atoms with E-state index in [-0.39, 0.29) is 17.3 Å². The summed E-state index contributed by atoms with van der Waals surface area (Å²) in [4.78, 5) is 11.4. The second kappa shape index (κ2) is 8.70. The second-order valence-electron chi connectivity index (χ2n) is 8.70. The molecule has 0 unspecified atom stereocenters. The van der Waals surface area contributed by atoms with Crippen molar-refractivity contribution >= 4 is 33.4 Å². The normalized spacial score (nSPS) is 11.5. The first kappa shape index (κ1) is 21.6. The standard InChI is InChI=1S/C26H29NO3/c1-17(2)24(28)29-14-6-7-18-8-12-22-19(15-18)9-10-20-16-21(11-13-23(20)22)30-25(27)26(3,4)5/h8-13,15-16,27H,1,6-7,14H2,2-5H3. The van der Waals surface area contributed by atoms with Crippen LogP contribution in [0.3, 0.4) is 0 Å². The third kappa shape index (κ3) is 5.07. The summed E-state index contributed by atoms with van der Waals surface area (Å²) in [5.74, 6) is 0.602. The van der Waals surface area contributed by atoms with Gasteiger partial charge < -0.3 is 9.47 Å². The molecule has 0 aliphatic rings. The zero-order valence-corrected chi connectivity index (χ0v) is 18.2. The van der Waals surface area contributed by atoms with Gasteiger partial charge in [0.25, 0.3) is 0 Å². The van der Waals surface area contributed by atoms with E-state index in [4.69, 9.17) is 14.9 Å². The van der Waals surface area contributed by atoms with E-state index in [1.807, 2.05) is 32.9 Å². The second-order valence-corrected chi connectivity index (χ2v) is 8.70. The molecule has 0 saturated carbocycles.